The molecule has 0 aromatic carbocycles. The quantitative estimate of drug-likeness (QED) is 0.714. The van der Waals surface area contributed by atoms with Gasteiger partial charge in [0, 0.05) is 0 Å². The van der Waals surface area contributed by atoms with Crippen molar-refractivity contribution >= 4 is 0 Å². The smallest absolute Gasteiger partial charge is 0.0650 e. The molecular weight excluding hydrogens is 296 g/mol. The zero-order valence-electron chi connectivity index (χ0n) is 16.3. The van der Waals surface area contributed by atoms with Gasteiger partial charge in [-0.15, -0.1) is 0 Å². The van der Waals surface area contributed by atoms with Gasteiger partial charge >= 0.3 is 0 Å². The molecule has 0 aromatic heterocycles. The monoisotopic (exact) mass is 334 g/mol. The molecule has 4 fully saturated rings. The fraction of sp³-hybridized carbons (Fsp3) is 1.00. The van der Waals surface area contributed by atoms with Crippen LogP contribution in [0.4, 0.5) is 0 Å². The van der Waals surface area contributed by atoms with Gasteiger partial charge in [0.1, 0.15) is 0 Å². The van der Waals surface area contributed by atoms with Crippen molar-refractivity contribution in [2.45, 2.75) is 104 Å². The van der Waals surface area contributed by atoms with Crippen molar-refractivity contribution < 1.29 is 10.2 Å². The fourth-order valence-electron chi connectivity index (χ4n) is 8.06. The third kappa shape index (κ3) is 2.08. The van der Waals surface area contributed by atoms with Gasteiger partial charge < -0.3 is 10.2 Å². The Labute approximate surface area is 148 Å². The van der Waals surface area contributed by atoms with Crippen molar-refractivity contribution in [3.63, 3.8) is 0 Å². The van der Waals surface area contributed by atoms with Crippen LogP contribution in [0.1, 0.15) is 91.9 Å². The van der Waals surface area contributed by atoms with Crippen molar-refractivity contribution in [1.82, 2.24) is 0 Å². The highest BCUT2D eigenvalue weighted by molar-refractivity contribution is 5.14. The minimum absolute atomic E-state index is 0.0684. The lowest BCUT2D eigenvalue weighted by Gasteiger charge is -2.66. The lowest BCUT2D eigenvalue weighted by atomic mass is 9.39. The summed E-state index contributed by atoms with van der Waals surface area (Å²) < 4.78 is 0. The second kappa shape index (κ2) is 5.22. The number of aliphatic hydroxyl groups excluding tert-OH is 1. The Kier molecular flexibility index (Phi) is 3.77. The van der Waals surface area contributed by atoms with Crippen LogP contribution >= 0.6 is 0 Å². The normalized spacial score (nSPS) is 60.2. The Bertz CT molecular complexity index is 518. The molecule has 138 valence electrons. The first-order valence-electron chi connectivity index (χ1n) is 10.6. The van der Waals surface area contributed by atoms with Crippen molar-refractivity contribution in [3.05, 3.63) is 0 Å². The number of hydrogen-bond acceptors (Lipinski definition) is 2. The molecule has 4 aliphatic rings. The summed E-state index contributed by atoms with van der Waals surface area (Å²) in [6, 6.07) is 0. The summed E-state index contributed by atoms with van der Waals surface area (Å²) in [6.45, 7) is 9.58. The zero-order valence-corrected chi connectivity index (χ0v) is 16.3. The van der Waals surface area contributed by atoms with Gasteiger partial charge in [0.25, 0.3) is 0 Å². The highest BCUT2D eigenvalue weighted by Crippen LogP contribution is 2.70. The van der Waals surface area contributed by atoms with Crippen LogP contribution in [0.15, 0.2) is 0 Å². The van der Waals surface area contributed by atoms with Crippen molar-refractivity contribution in [2.75, 3.05) is 0 Å². The molecule has 0 amide bonds. The first-order chi connectivity index (χ1) is 11.2. The van der Waals surface area contributed by atoms with Crippen molar-refractivity contribution in [1.29, 1.82) is 0 Å². The van der Waals surface area contributed by atoms with Crippen LogP contribution in [0.3, 0.4) is 0 Å². The molecule has 0 aromatic rings. The van der Waals surface area contributed by atoms with E-state index in [-0.39, 0.29) is 11.5 Å². The third-order valence-electron chi connectivity index (χ3n) is 10.1. The molecule has 0 radical (unpaired) electrons. The van der Waals surface area contributed by atoms with E-state index in [9.17, 15) is 10.2 Å². The molecule has 24 heavy (non-hydrogen) atoms. The molecule has 4 saturated carbocycles. The number of rotatable bonds is 1. The van der Waals surface area contributed by atoms with Gasteiger partial charge in [-0.3, -0.25) is 0 Å². The van der Waals surface area contributed by atoms with E-state index in [0.29, 0.717) is 10.8 Å². The molecule has 0 aliphatic heterocycles. The molecule has 4 rings (SSSR count). The topological polar surface area (TPSA) is 40.5 Å². The lowest BCUT2D eigenvalue weighted by Crippen LogP contribution is -2.60. The molecular formula is C22H38O2. The predicted octanol–water partition coefficient (Wildman–Crippen LogP) is 4.92. The Balaban J connectivity index is 1.65. The van der Waals surface area contributed by atoms with E-state index >= 15 is 0 Å². The maximum atomic E-state index is 11.0. The third-order valence-corrected chi connectivity index (χ3v) is 10.1. The molecule has 2 N–H and O–H groups in total. The summed E-state index contributed by atoms with van der Waals surface area (Å²) in [7, 11) is 0. The van der Waals surface area contributed by atoms with Crippen LogP contribution in [-0.2, 0) is 0 Å². The van der Waals surface area contributed by atoms with Crippen LogP contribution in [0.25, 0.3) is 0 Å². The van der Waals surface area contributed by atoms with E-state index in [1.54, 1.807) is 0 Å². The average Bonchev–Trinajstić information content (AvgIpc) is 2.84. The largest absolute Gasteiger partial charge is 0.393 e. The highest BCUT2D eigenvalue weighted by Gasteiger charge is 2.64. The zero-order chi connectivity index (χ0) is 17.4. The Hall–Kier alpha value is -0.0800. The van der Waals surface area contributed by atoms with Crippen LogP contribution in [0.2, 0.25) is 0 Å². The van der Waals surface area contributed by atoms with Gasteiger partial charge in [0.15, 0.2) is 0 Å². The fourth-order valence-corrected chi connectivity index (χ4v) is 8.06. The highest BCUT2D eigenvalue weighted by atomic mass is 16.3. The van der Waals surface area contributed by atoms with Crippen LogP contribution in [0, 0.1) is 34.0 Å². The van der Waals surface area contributed by atoms with Crippen molar-refractivity contribution in [2.24, 2.45) is 34.0 Å². The van der Waals surface area contributed by atoms with Gasteiger partial charge in [0.2, 0.25) is 0 Å². The van der Waals surface area contributed by atoms with Crippen LogP contribution < -0.4 is 0 Å². The minimum atomic E-state index is -0.423. The van der Waals surface area contributed by atoms with Gasteiger partial charge in [-0.2, -0.15) is 0 Å². The Morgan fingerprint density at radius 2 is 1.62 bits per heavy atom. The second-order valence-corrected chi connectivity index (χ2v) is 10.8. The lowest BCUT2D eigenvalue weighted by molar-refractivity contribution is -0.195. The first kappa shape index (κ1) is 17.3. The number of hydrogen-bond donors (Lipinski definition) is 2. The summed E-state index contributed by atoms with van der Waals surface area (Å²) in [5.74, 6) is 2.35. The van der Waals surface area contributed by atoms with E-state index < -0.39 is 5.60 Å². The number of aliphatic hydroxyl groups is 2. The first-order valence-corrected chi connectivity index (χ1v) is 10.6. The van der Waals surface area contributed by atoms with Gasteiger partial charge in [0.05, 0.1) is 11.7 Å². The molecule has 0 spiro atoms. The molecule has 2 heteroatoms. The summed E-state index contributed by atoms with van der Waals surface area (Å²) >= 11 is 0. The number of fused-ring (bicyclic) bond motifs is 5. The second-order valence-electron chi connectivity index (χ2n) is 10.8. The Morgan fingerprint density at radius 3 is 2.33 bits per heavy atom. The van der Waals surface area contributed by atoms with E-state index in [1.807, 2.05) is 0 Å². The van der Waals surface area contributed by atoms with Gasteiger partial charge in [-0.1, -0.05) is 27.7 Å². The van der Waals surface area contributed by atoms with E-state index in [4.69, 9.17) is 0 Å². The summed E-state index contributed by atoms with van der Waals surface area (Å²) in [5, 5.41) is 21.6. The van der Waals surface area contributed by atoms with E-state index in [0.717, 1.165) is 43.4 Å². The summed E-state index contributed by atoms with van der Waals surface area (Å²) in [5.41, 5.74) is 0.437. The molecule has 4 aliphatic carbocycles. The van der Waals surface area contributed by atoms with Gasteiger partial charge in [-0.25, -0.2) is 0 Å². The Morgan fingerprint density at radius 1 is 0.875 bits per heavy atom. The van der Waals surface area contributed by atoms with E-state index in [1.165, 1.54) is 38.5 Å². The maximum Gasteiger partial charge on any atom is 0.0650 e. The summed E-state index contributed by atoms with van der Waals surface area (Å²) in [6.07, 6.45) is 11.4. The standard InChI is InChI=1S/C22H38O2/c1-5-22(24)13-12-21(4)17-9-11-20(3)16(6-7-18(20)23)15(17)8-10-19(21,2)14-22/h15-18,23-24H,5-14H2,1-4H3. The molecule has 8 unspecified atom stereocenters. The molecule has 0 bridgehead atoms. The van der Waals surface area contributed by atoms with Crippen LogP contribution in [-0.4, -0.2) is 21.9 Å². The summed E-state index contributed by atoms with van der Waals surface area (Å²) in [4.78, 5) is 0. The molecule has 0 saturated heterocycles. The van der Waals surface area contributed by atoms with Gasteiger partial charge in [-0.05, 0) is 98.2 Å². The molecule has 2 nitrogen and oxygen atoms in total. The van der Waals surface area contributed by atoms with E-state index in [2.05, 4.69) is 27.7 Å². The SMILES string of the molecule is CCC1(O)CCC2(C)C3CCC4(C)C(O)CCC4C3CCC2(C)C1. The predicted molar refractivity (Wildman–Crippen MR) is 97.6 cm³/mol. The molecule has 8 atom stereocenters. The maximum absolute atomic E-state index is 11.0. The van der Waals surface area contributed by atoms with Crippen molar-refractivity contribution in [3.8, 4) is 0 Å². The van der Waals surface area contributed by atoms with Crippen LogP contribution in [0.5, 0.6) is 0 Å². The average molecular weight is 335 g/mol. The molecule has 0 heterocycles. The minimum Gasteiger partial charge on any atom is -0.393 e.